The minimum Gasteiger partial charge on any atom is -0.370 e. The lowest BCUT2D eigenvalue weighted by Gasteiger charge is -2.63. The van der Waals surface area contributed by atoms with Crippen LogP contribution in [-0.4, -0.2) is 46.9 Å². The first kappa shape index (κ1) is 21.8. The molecule has 0 spiro atoms. The third-order valence-corrected chi connectivity index (χ3v) is 7.37. The zero-order valence-electron chi connectivity index (χ0n) is 19.1. The first-order chi connectivity index (χ1) is 13.1. The van der Waals surface area contributed by atoms with Gasteiger partial charge in [-0.3, -0.25) is 4.90 Å². The van der Waals surface area contributed by atoms with Crippen LogP contribution in [0.3, 0.4) is 0 Å². The molecule has 2 aliphatic heterocycles. The van der Waals surface area contributed by atoms with E-state index in [2.05, 4.69) is 83.7 Å². The number of hydrogen-bond acceptors (Lipinski definition) is 3. The summed E-state index contributed by atoms with van der Waals surface area (Å²) in [5, 5.41) is 0. The number of rotatable bonds is 8. The molecule has 2 saturated heterocycles. The lowest BCUT2D eigenvalue weighted by atomic mass is 9.59. The van der Waals surface area contributed by atoms with Gasteiger partial charge in [-0.1, -0.05) is 30.3 Å². The van der Waals surface area contributed by atoms with E-state index < -0.39 is 0 Å². The van der Waals surface area contributed by atoms with Crippen molar-refractivity contribution in [3.05, 3.63) is 35.9 Å². The van der Waals surface area contributed by atoms with Crippen molar-refractivity contribution in [1.29, 1.82) is 0 Å². The van der Waals surface area contributed by atoms with E-state index in [0.717, 1.165) is 32.4 Å². The van der Waals surface area contributed by atoms with E-state index in [1.165, 1.54) is 12.0 Å². The van der Waals surface area contributed by atoms with Crippen molar-refractivity contribution in [2.45, 2.75) is 103 Å². The molecule has 0 amide bonds. The van der Waals surface area contributed by atoms with Gasteiger partial charge in [0.1, 0.15) is 5.60 Å². The van der Waals surface area contributed by atoms with Gasteiger partial charge in [-0.15, -0.1) is 0 Å². The Morgan fingerprint density at radius 3 is 2.25 bits per heavy atom. The van der Waals surface area contributed by atoms with Gasteiger partial charge >= 0.3 is 0 Å². The van der Waals surface area contributed by atoms with Crippen LogP contribution in [0.2, 0.25) is 0 Å². The van der Waals surface area contributed by atoms with Gasteiger partial charge in [-0.25, -0.2) is 0 Å². The van der Waals surface area contributed by atoms with Gasteiger partial charge in [0, 0.05) is 25.0 Å². The van der Waals surface area contributed by atoms with E-state index in [-0.39, 0.29) is 16.8 Å². The van der Waals surface area contributed by atoms with Crippen LogP contribution in [0.1, 0.15) is 73.3 Å². The van der Waals surface area contributed by atoms with Crippen LogP contribution in [0.5, 0.6) is 0 Å². The molecule has 0 radical (unpaired) electrons. The van der Waals surface area contributed by atoms with Crippen LogP contribution < -0.4 is 0 Å². The maximum atomic E-state index is 6.87. The maximum absolute atomic E-state index is 6.87. The second-order valence-electron chi connectivity index (χ2n) is 10.3. The summed E-state index contributed by atoms with van der Waals surface area (Å²) in [6, 6.07) is 11.9. The Morgan fingerprint density at radius 1 is 1.07 bits per heavy atom. The first-order valence-electron chi connectivity index (χ1n) is 11.2. The van der Waals surface area contributed by atoms with Crippen LogP contribution in [0.15, 0.2) is 30.3 Å². The molecule has 2 heterocycles. The highest BCUT2D eigenvalue weighted by molar-refractivity contribution is 5.22. The van der Waals surface area contributed by atoms with E-state index >= 15 is 0 Å². The number of nitrogens with zero attached hydrogens (tertiary/aromatic N) is 1. The van der Waals surface area contributed by atoms with Gasteiger partial charge in [0.05, 0.1) is 17.8 Å². The standard InChI is InChI=1S/C25H41NO2/c1-19(2)26(20(3)4)15-16-27-25(17-21-11-9-8-10-12-21)18-22-13-14-24(25,7)28-23(22,5)6/h8-12,19-20,22H,13-18H2,1-7H3. The van der Waals surface area contributed by atoms with E-state index in [1.807, 2.05) is 0 Å². The Bertz CT molecular complexity index is 633. The van der Waals surface area contributed by atoms with Crippen molar-refractivity contribution < 1.29 is 9.47 Å². The van der Waals surface area contributed by atoms with Crippen LogP contribution in [0.25, 0.3) is 0 Å². The monoisotopic (exact) mass is 387 g/mol. The molecule has 3 aliphatic rings. The molecule has 1 aromatic carbocycles. The van der Waals surface area contributed by atoms with Crippen LogP contribution in [-0.2, 0) is 15.9 Å². The smallest absolute Gasteiger partial charge is 0.101 e. The molecule has 3 fully saturated rings. The summed E-state index contributed by atoms with van der Waals surface area (Å²) < 4.78 is 13.6. The Hall–Kier alpha value is -0.900. The van der Waals surface area contributed by atoms with Crippen molar-refractivity contribution in [3.8, 4) is 0 Å². The molecule has 158 valence electrons. The highest BCUT2D eigenvalue weighted by Crippen LogP contribution is 2.56. The highest BCUT2D eigenvalue weighted by Gasteiger charge is 2.62. The third-order valence-electron chi connectivity index (χ3n) is 7.37. The number of ether oxygens (including phenoxy) is 2. The molecule has 1 aliphatic carbocycles. The average molecular weight is 388 g/mol. The summed E-state index contributed by atoms with van der Waals surface area (Å²) in [7, 11) is 0. The molecule has 3 atom stereocenters. The highest BCUT2D eigenvalue weighted by atomic mass is 16.6. The minimum atomic E-state index is -0.244. The summed E-state index contributed by atoms with van der Waals surface area (Å²) in [6.07, 6.45) is 4.36. The molecule has 1 aromatic rings. The zero-order chi connectivity index (χ0) is 20.6. The van der Waals surface area contributed by atoms with Crippen molar-refractivity contribution in [2.24, 2.45) is 5.92 Å². The minimum absolute atomic E-state index is 0.0571. The molecule has 4 rings (SSSR count). The van der Waals surface area contributed by atoms with Gasteiger partial charge in [0.25, 0.3) is 0 Å². The Morgan fingerprint density at radius 2 is 1.71 bits per heavy atom. The van der Waals surface area contributed by atoms with Crippen LogP contribution >= 0.6 is 0 Å². The van der Waals surface area contributed by atoms with Crippen LogP contribution in [0, 0.1) is 5.92 Å². The second kappa shape index (κ2) is 8.08. The SMILES string of the molecule is CC(C)N(CCOC1(Cc2ccccc2)CC2CCC1(C)OC2(C)C)C(C)C. The molecule has 3 heteroatoms. The number of benzene rings is 1. The van der Waals surface area contributed by atoms with E-state index in [1.54, 1.807) is 0 Å². The quantitative estimate of drug-likeness (QED) is 0.590. The third kappa shape index (κ3) is 4.17. The van der Waals surface area contributed by atoms with E-state index in [9.17, 15) is 0 Å². The van der Waals surface area contributed by atoms with Gasteiger partial charge in [-0.2, -0.15) is 0 Å². The van der Waals surface area contributed by atoms with E-state index in [4.69, 9.17) is 9.47 Å². The molecule has 1 saturated carbocycles. The maximum Gasteiger partial charge on any atom is 0.101 e. The molecule has 0 N–H and O–H groups in total. The molecular weight excluding hydrogens is 346 g/mol. The molecule has 3 unspecified atom stereocenters. The van der Waals surface area contributed by atoms with Crippen molar-refractivity contribution in [1.82, 2.24) is 4.90 Å². The summed E-state index contributed by atoms with van der Waals surface area (Å²) in [6.45, 7) is 17.7. The van der Waals surface area contributed by atoms with Gasteiger partial charge in [0.15, 0.2) is 0 Å². The van der Waals surface area contributed by atoms with Crippen molar-refractivity contribution >= 4 is 0 Å². The topological polar surface area (TPSA) is 21.7 Å². The summed E-state index contributed by atoms with van der Waals surface area (Å²) >= 11 is 0. The average Bonchev–Trinajstić information content (AvgIpc) is 2.60. The summed E-state index contributed by atoms with van der Waals surface area (Å²) in [5.41, 5.74) is 0.814. The fraction of sp³-hybridized carbons (Fsp3) is 0.760. The van der Waals surface area contributed by atoms with E-state index in [0.29, 0.717) is 18.0 Å². The van der Waals surface area contributed by atoms with Gasteiger partial charge in [0.2, 0.25) is 0 Å². The zero-order valence-corrected chi connectivity index (χ0v) is 19.1. The van der Waals surface area contributed by atoms with Gasteiger partial charge < -0.3 is 9.47 Å². The Kier molecular flexibility index (Phi) is 6.29. The normalized spacial score (nSPS) is 31.9. The lowest BCUT2D eigenvalue weighted by molar-refractivity contribution is -0.325. The molecular formula is C25H41NO2. The van der Waals surface area contributed by atoms with Crippen LogP contribution in [0.4, 0.5) is 0 Å². The summed E-state index contributed by atoms with van der Waals surface area (Å²) in [4.78, 5) is 2.52. The largest absolute Gasteiger partial charge is 0.370 e. The fourth-order valence-electron chi connectivity index (χ4n) is 5.70. The predicted octanol–water partition coefficient (Wildman–Crippen LogP) is 5.47. The second-order valence-corrected chi connectivity index (χ2v) is 10.3. The van der Waals surface area contributed by atoms with Crippen molar-refractivity contribution in [2.75, 3.05) is 13.2 Å². The fourth-order valence-corrected chi connectivity index (χ4v) is 5.70. The summed E-state index contributed by atoms with van der Waals surface area (Å²) in [5.74, 6) is 0.560. The predicted molar refractivity (Wildman–Crippen MR) is 117 cm³/mol. The molecule has 28 heavy (non-hydrogen) atoms. The Balaban J connectivity index is 1.82. The molecule has 0 aromatic heterocycles. The Labute approximate surface area is 172 Å². The molecule has 3 nitrogen and oxygen atoms in total. The lowest BCUT2D eigenvalue weighted by Crippen LogP contribution is -2.70. The first-order valence-corrected chi connectivity index (χ1v) is 11.2. The molecule has 2 bridgehead atoms. The van der Waals surface area contributed by atoms with Gasteiger partial charge in [-0.05, 0) is 79.2 Å². The number of fused-ring (bicyclic) bond motifs is 3. The van der Waals surface area contributed by atoms with Crippen molar-refractivity contribution in [3.63, 3.8) is 0 Å². The number of hydrogen-bond donors (Lipinski definition) is 0.